The Bertz CT molecular complexity index is 1030. The first kappa shape index (κ1) is 18.7. The van der Waals surface area contributed by atoms with Gasteiger partial charge in [0.25, 0.3) is 0 Å². The van der Waals surface area contributed by atoms with Gasteiger partial charge in [-0.05, 0) is 73.7 Å². The fourth-order valence-electron chi connectivity index (χ4n) is 3.92. The lowest BCUT2D eigenvalue weighted by atomic mass is 10.1. The van der Waals surface area contributed by atoms with Gasteiger partial charge in [-0.25, -0.2) is 0 Å². The smallest absolute Gasteiger partial charge is 0.125 e. The molecule has 0 bridgehead atoms. The number of allylic oxidation sites excluding steroid dienone is 2. The van der Waals surface area contributed by atoms with Crippen LogP contribution in [0.5, 0.6) is 11.5 Å². The van der Waals surface area contributed by atoms with Crippen LogP contribution in [0.15, 0.2) is 48.5 Å². The van der Waals surface area contributed by atoms with Crippen LogP contribution in [0.1, 0.15) is 62.4 Å². The molecule has 0 fully saturated rings. The molecular weight excluding hydrogens is 346 g/mol. The monoisotopic (exact) mass is 375 g/mol. The first-order chi connectivity index (χ1) is 13.6. The fourth-order valence-corrected chi connectivity index (χ4v) is 3.92. The van der Waals surface area contributed by atoms with Crippen molar-refractivity contribution in [2.45, 2.75) is 52.5 Å². The zero-order valence-corrected chi connectivity index (χ0v) is 17.0. The molecule has 1 aliphatic carbocycles. The van der Waals surface area contributed by atoms with E-state index >= 15 is 0 Å². The van der Waals surface area contributed by atoms with Crippen molar-refractivity contribution in [3.8, 4) is 11.5 Å². The number of benzene rings is 2. The van der Waals surface area contributed by atoms with E-state index in [4.69, 9.17) is 4.74 Å². The van der Waals surface area contributed by atoms with Crippen LogP contribution in [-0.2, 0) is 0 Å². The highest BCUT2D eigenvalue weighted by Crippen LogP contribution is 2.41. The van der Waals surface area contributed by atoms with E-state index in [2.05, 4.69) is 54.8 Å². The maximum atomic E-state index is 10.5. The van der Waals surface area contributed by atoms with Crippen molar-refractivity contribution in [2.24, 2.45) is 0 Å². The van der Waals surface area contributed by atoms with Gasteiger partial charge in [0, 0.05) is 11.1 Å². The van der Waals surface area contributed by atoms with Crippen LogP contribution >= 0.6 is 0 Å². The number of unbranched alkanes of at least 4 members (excludes halogenated alkanes) is 2. The molecule has 0 radical (unpaired) electrons. The molecule has 1 unspecified atom stereocenters. The van der Waals surface area contributed by atoms with E-state index in [1.165, 1.54) is 29.7 Å². The summed E-state index contributed by atoms with van der Waals surface area (Å²) in [5.74, 6) is 1.29. The van der Waals surface area contributed by atoms with Crippen LogP contribution in [0, 0.1) is 6.92 Å². The van der Waals surface area contributed by atoms with Gasteiger partial charge in [0.15, 0.2) is 0 Å². The minimum atomic E-state index is 0.148. The number of aromatic nitrogens is 1. The van der Waals surface area contributed by atoms with Crippen LogP contribution < -0.4 is 4.74 Å². The molecule has 3 nitrogen and oxygen atoms in total. The maximum Gasteiger partial charge on any atom is 0.125 e. The Morgan fingerprint density at radius 1 is 1.14 bits per heavy atom. The van der Waals surface area contributed by atoms with Gasteiger partial charge in [-0.15, -0.1) is 0 Å². The Hall–Kier alpha value is -2.68. The zero-order chi connectivity index (χ0) is 19.7. The summed E-state index contributed by atoms with van der Waals surface area (Å²) in [7, 11) is 0. The van der Waals surface area contributed by atoms with E-state index in [9.17, 15) is 5.11 Å². The molecule has 1 aromatic heterocycles. The van der Waals surface area contributed by atoms with Gasteiger partial charge in [0.05, 0.1) is 18.2 Å². The topological polar surface area (TPSA) is 34.4 Å². The van der Waals surface area contributed by atoms with Gasteiger partial charge in [-0.3, -0.25) is 0 Å². The second kappa shape index (κ2) is 7.75. The highest BCUT2D eigenvalue weighted by molar-refractivity contribution is 5.93. The molecule has 0 amide bonds. The third-order valence-corrected chi connectivity index (χ3v) is 5.56. The molecule has 0 spiro atoms. The summed E-state index contributed by atoms with van der Waals surface area (Å²) >= 11 is 0. The van der Waals surface area contributed by atoms with Crippen LogP contribution in [0.25, 0.3) is 16.5 Å². The number of fused-ring (bicyclic) bond motifs is 1. The van der Waals surface area contributed by atoms with Crippen molar-refractivity contribution in [2.75, 3.05) is 6.61 Å². The lowest BCUT2D eigenvalue weighted by Crippen LogP contribution is -2.09. The lowest BCUT2D eigenvalue weighted by molar-refractivity contribution is 0.306. The normalized spacial score (nSPS) is 14.2. The minimum Gasteiger partial charge on any atom is -0.507 e. The SMILES string of the molecule is CCCCCOc1cccc(C(C)n2c(C3=CC3)cc3c(O)cc(C)cc32)c1. The van der Waals surface area contributed by atoms with E-state index in [1.807, 2.05) is 19.1 Å². The van der Waals surface area contributed by atoms with Gasteiger partial charge in [-0.1, -0.05) is 38.0 Å². The Kier molecular flexibility index (Phi) is 5.17. The van der Waals surface area contributed by atoms with Crippen molar-refractivity contribution in [3.63, 3.8) is 0 Å². The zero-order valence-electron chi connectivity index (χ0n) is 17.0. The molecule has 1 aliphatic rings. The molecule has 1 atom stereocenters. The first-order valence-corrected chi connectivity index (χ1v) is 10.3. The molecule has 1 heterocycles. The van der Waals surface area contributed by atoms with Crippen molar-refractivity contribution < 1.29 is 9.84 Å². The van der Waals surface area contributed by atoms with Crippen molar-refractivity contribution in [1.82, 2.24) is 4.57 Å². The summed E-state index contributed by atoms with van der Waals surface area (Å²) in [4.78, 5) is 0. The van der Waals surface area contributed by atoms with Gasteiger partial charge in [-0.2, -0.15) is 0 Å². The average molecular weight is 376 g/mol. The summed E-state index contributed by atoms with van der Waals surface area (Å²) in [6.07, 6.45) is 6.77. The van der Waals surface area contributed by atoms with Crippen LogP contribution in [0.3, 0.4) is 0 Å². The molecule has 1 N–H and O–H groups in total. The van der Waals surface area contributed by atoms with E-state index in [0.29, 0.717) is 5.75 Å². The molecule has 0 aliphatic heterocycles. The quantitative estimate of drug-likeness (QED) is 0.449. The standard InChI is InChI=1S/C25H29NO2/c1-4-5-6-12-28-21-9-7-8-20(15-21)18(3)26-23(19-10-11-19)16-22-24(26)13-17(2)14-25(22)27/h7-10,13-16,18,27H,4-6,11-12H2,1-3H3. The highest BCUT2D eigenvalue weighted by atomic mass is 16.5. The largest absolute Gasteiger partial charge is 0.507 e. The predicted octanol–water partition coefficient (Wildman–Crippen LogP) is 6.62. The number of aromatic hydroxyl groups is 1. The van der Waals surface area contributed by atoms with Gasteiger partial charge < -0.3 is 14.4 Å². The Balaban J connectivity index is 1.70. The second-order valence-electron chi connectivity index (χ2n) is 7.85. The van der Waals surface area contributed by atoms with Crippen molar-refractivity contribution in [1.29, 1.82) is 0 Å². The minimum absolute atomic E-state index is 0.148. The number of phenolic OH excluding ortho intramolecular Hbond substituents is 1. The Morgan fingerprint density at radius 2 is 1.96 bits per heavy atom. The molecular formula is C25H29NO2. The predicted molar refractivity (Wildman–Crippen MR) is 116 cm³/mol. The number of hydrogen-bond donors (Lipinski definition) is 1. The van der Waals surface area contributed by atoms with E-state index in [1.54, 1.807) is 0 Å². The molecule has 28 heavy (non-hydrogen) atoms. The molecule has 146 valence electrons. The molecule has 0 saturated carbocycles. The third kappa shape index (κ3) is 3.66. The third-order valence-electron chi connectivity index (χ3n) is 5.56. The second-order valence-corrected chi connectivity index (χ2v) is 7.85. The molecule has 3 aromatic rings. The van der Waals surface area contributed by atoms with Gasteiger partial charge in [0.1, 0.15) is 11.5 Å². The summed E-state index contributed by atoms with van der Waals surface area (Å²) < 4.78 is 8.33. The number of ether oxygens (including phenoxy) is 1. The van der Waals surface area contributed by atoms with Crippen LogP contribution in [0.4, 0.5) is 0 Å². The fraction of sp³-hybridized carbons (Fsp3) is 0.360. The average Bonchev–Trinajstić information content (AvgIpc) is 3.46. The van der Waals surface area contributed by atoms with Gasteiger partial charge in [0.2, 0.25) is 0 Å². The van der Waals surface area contributed by atoms with Crippen LogP contribution in [-0.4, -0.2) is 16.3 Å². The van der Waals surface area contributed by atoms with Gasteiger partial charge >= 0.3 is 0 Å². The van der Waals surface area contributed by atoms with Crippen LogP contribution in [0.2, 0.25) is 0 Å². The summed E-state index contributed by atoms with van der Waals surface area (Å²) in [5, 5.41) is 11.4. The maximum absolute atomic E-state index is 10.5. The lowest BCUT2D eigenvalue weighted by Gasteiger charge is -2.20. The molecule has 0 saturated heterocycles. The van der Waals surface area contributed by atoms with E-state index < -0.39 is 0 Å². The summed E-state index contributed by atoms with van der Waals surface area (Å²) in [5.41, 5.74) is 5.93. The number of rotatable bonds is 8. The number of nitrogens with zero attached hydrogens (tertiary/aromatic N) is 1. The van der Waals surface area contributed by atoms with Crippen molar-refractivity contribution >= 4 is 16.5 Å². The summed E-state index contributed by atoms with van der Waals surface area (Å²) in [6.45, 7) is 7.23. The summed E-state index contributed by atoms with van der Waals surface area (Å²) in [6, 6.07) is 14.7. The highest BCUT2D eigenvalue weighted by Gasteiger charge is 2.23. The molecule has 3 heteroatoms. The Morgan fingerprint density at radius 3 is 2.71 bits per heavy atom. The molecule has 2 aromatic carbocycles. The van der Waals surface area contributed by atoms with E-state index in [0.717, 1.165) is 41.7 Å². The van der Waals surface area contributed by atoms with Crippen molar-refractivity contribution in [3.05, 3.63) is 65.4 Å². The molecule has 4 rings (SSSR count). The first-order valence-electron chi connectivity index (χ1n) is 10.3. The number of phenols is 1. The number of aryl methyl sites for hydroxylation is 1. The number of hydrogen-bond acceptors (Lipinski definition) is 2. The van der Waals surface area contributed by atoms with E-state index in [-0.39, 0.29) is 6.04 Å². The Labute approximate surface area is 167 Å².